The number of rotatable bonds is 4. The van der Waals surface area contributed by atoms with E-state index in [9.17, 15) is 4.79 Å². The van der Waals surface area contributed by atoms with Gasteiger partial charge in [-0.05, 0) is 0 Å². The van der Waals surface area contributed by atoms with Crippen LogP contribution in [0, 0.1) is 5.41 Å². The number of hydrogen-bond donors (Lipinski definition) is 3. The van der Waals surface area contributed by atoms with Crippen LogP contribution in [0.1, 0.15) is 0 Å². The molecular formula is C6H12O5. The summed E-state index contributed by atoms with van der Waals surface area (Å²) in [5.74, 6) is -0.815. The molecule has 0 aliphatic heterocycles. The van der Waals surface area contributed by atoms with Crippen LogP contribution in [-0.2, 0) is 9.53 Å². The van der Waals surface area contributed by atoms with Crippen molar-refractivity contribution >= 4 is 5.97 Å². The molecular weight excluding hydrogens is 152 g/mol. The third kappa shape index (κ3) is 1.89. The van der Waals surface area contributed by atoms with Crippen LogP contribution in [0.2, 0.25) is 0 Å². The Morgan fingerprint density at radius 1 is 1.27 bits per heavy atom. The summed E-state index contributed by atoms with van der Waals surface area (Å²) in [4.78, 5) is 10.8. The molecule has 0 aromatic carbocycles. The third-order valence-electron chi connectivity index (χ3n) is 1.53. The van der Waals surface area contributed by atoms with Crippen molar-refractivity contribution in [3.63, 3.8) is 0 Å². The predicted molar refractivity (Wildman–Crippen MR) is 35.7 cm³/mol. The number of ether oxygens (including phenoxy) is 1. The summed E-state index contributed by atoms with van der Waals surface area (Å²) in [7, 11) is 1.12. The van der Waals surface area contributed by atoms with Crippen LogP contribution in [-0.4, -0.2) is 48.2 Å². The number of carbonyl (C=O) groups excluding carboxylic acids is 1. The van der Waals surface area contributed by atoms with Crippen LogP contribution in [0.3, 0.4) is 0 Å². The molecule has 0 unspecified atom stereocenters. The first-order valence-electron chi connectivity index (χ1n) is 3.08. The highest BCUT2D eigenvalue weighted by atomic mass is 16.5. The Balaban J connectivity index is 4.39. The maximum Gasteiger partial charge on any atom is 0.318 e. The Kier molecular flexibility index (Phi) is 4.02. The van der Waals surface area contributed by atoms with Crippen molar-refractivity contribution in [1.82, 2.24) is 0 Å². The second-order valence-corrected chi connectivity index (χ2v) is 2.25. The lowest BCUT2D eigenvalue weighted by Crippen LogP contribution is -2.42. The molecule has 0 heterocycles. The Labute approximate surface area is 64.2 Å². The van der Waals surface area contributed by atoms with Gasteiger partial charge >= 0.3 is 5.97 Å². The summed E-state index contributed by atoms with van der Waals surface area (Å²) in [5.41, 5.74) is -1.56. The number of aliphatic hydroxyl groups excluding tert-OH is 3. The Morgan fingerprint density at radius 2 is 1.64 bits per heavy atom. The molecule has 0 bridgehead atoms. The van der Waals surface area contributed by atoms with E-state index in [0.717, 1.165) is 7.11 Å². The number of carbonyl (C=O) groups is 1. The molecule has 0 rings (SSSR count). The Bertz CT molecular complexity index is 121. The molecule has 0 aromatic rings. The highest BCUT2D eigenvalue weighted by molar-refractivity contribution is 5.77. The quantitative estimate of drug-likeness (QED) is 0.423. The second-order valence-electron chi connectivity index (χ2n) is 2.25. The highest BCUT2D eigenvalue weighted by Crippen LogP contribution is 2.15. The van der Waals surface area contributed by atoms with Gasteiger partial charge in [-0.2, -0.15) is 0 Å². The first-order valence-corrected chi connectivity index (χ1v) is 3.08. The SMILES string of the molecule is COC(=O)C(CO)(CO)CO. The fraction of sp³-hybridized carbons (Fsp3) is 0.833. The van der Waals surface area contributed by atoms with E-state index in [2.05, 4.69) is 4.74 Å². The fourth-order valence-electron chi connectivity index (χ4n) is 0.560. The van der Waals surface area contributed by atoms with Crippen molar-refractivity contribution in [1.29, 1.82) is 0 Å². The molecule has 5 heteroatoms. The average molecular weight is 164 g/mol. The van der Waals surface area contributed by atoms with Gasteiger partial charge in [0.2, 0.25) is 0 Å². The van der Waals surface area contributed by atoms with E-state index in [-0.39, 0.29) is 0 Å². The molecule has 0 amide bonds. The molecule has 0 saturated carbocycles. The van der Waals surface area contributed by atoms with Crippen molar-refractivity contribution in [2.45, 2.75) is 0 Å². The number of aliphatic hydroxyl groups is 3. The van der Waals surface area contributed by atoms with Crippen LogP contribution in [0.4, 0.5) is 0 Å². The zero-order valence-corrected chi connectivity index (χ0v) is 6.28. The van der Waals surface area contributed by atoms with Gasteiger partial charge < -0.3 is 20.1 Å². The third-order valence-corrected chi connectivity index (χ3v) is 1.53. The summed E-state index contributed by atoms with van der Waals surface area (Å²) >= 11 is 0. The minimum absolute atomic E-state index is 0.632. The molecule has 0 spiro atoms. The highest BCUT2D eigenvalue weighted by Gasteiger charge is 2.38. The van der Waals surface area contributed by atoms with Gasteiger partial charge in [0.1, 0.15) is 5.41 Å². The monoisotopic (exact) mass is 164 g/mol. The molecule has 66 valence electrons. The van der Waals surface area contributed by atoms with Gasteiger partial charge in [-0.15, -0.1) is 0 Å². The van der Waals surface area contributed by atoms with E-state index in [4.69, 9.17) is 15.3 Å². The lowest BCUT2D eigenvalue weighted by Gasteiger charge is -2.23. The minimum atomic E-state index is -1.56. The molecule has 0 aromatic heterocycles. The van der Waals surface area contributed by atoms with E-state index in [0.29, 0.717) is 0 Å². The van der Waals surface area contributed by atoms with Gasteiger partial charge in [0.25, 0.3) is 0 Å². The largest absolute Gasteiger partial charge is 0.468 e. The van der Waals surface area contributed by atoms with E-state index in [1.807, 2.05) is 0 Å². The number of methoxy groups -OCH3 is 1. The van der Waals surface area contributed by atoms with Gasteiger partial charge in [0.05, 0.1) is 26.9 Å². The molecule has 0 atom stereocenters. The minimum Gasteiger partial charge on any atom is -0.468 e. The van der Waals surface area contributed by atoms with Gasteiger partial charge in [0, 0.05) is 0 Å². The summed E-state index contributed by atoms with van der Waals surface area (Å²) in [6.07, 6.45) is 0. The summed E-state index contributed by atoms with van der Waals surface area (Å²) < 4.78 is 4.27. The average Bonchev–Trinajstić information content (AvgIpc) is 2.08. The van der Waals surface area contributed by atoms with Crippen LogP contribution >= 0.6 is 0 Å². The van der Waals surface area contributed by atoms with Gasteiger partial charge in [-0.1, -0.05) is 0 Å². The lowest BCUT2D eigenvalue weighted by molar-refractivity contribution is -0.161. The topological polar surface area (TPSA) is 87.0 Å². The van der Waals surface area contributed by atoms with Crippen molar-refractivity contribution < 1.29 is 24.9 Å². The molecule has 3 N–H and O–H groups in total. The number of hydrogen-bond acceptors (Lipinski definition) is 5. The summed E-state index contributed by atoms with van der Waals surface area (Å²) in [5, 5.41) is 26.0. The van der Waals surface area contributed by atoms with Crippen molar-refractivity contribution in [3.05, 3.63) is 0 Å². The summed E-state index contributed by atoms with van der Waals surface area (Å²) in [6, 6.07) is 0. The fourth-order valence-corrected chi connectivity index (χ4v) is 0.560. The van der Waals surface area contributed by atoms with Crippen LogP contribution in [0.25, 0.3) is 0 Å². The van der Waals surface area contributed by atoms with Crippen LogP contribution in [0.15, 0.2) is 0 Å². The maximum absolute atomic E-state index is 10.8. The molecule has 0 aliphatic rings. The number of esters is 1. The lowest BCUT2D eigenvalue weighted by atomic mass is 9.92. The predicted octanol–water partition coefficient (Wildman–Crippen LogP) is -1.88. The Hall–Kier alpha value is -0.650. The van der Waals surface area contributed by atoms with E-state index in [1.54, 1.807) is 0 Å². The molecule has 5 nitrogen and oxygen atoms in total. The van der Waals surface area contributed by atoms with Gasteiger partial charge in [-0.3, -0.25) is 4.79 Å². The zero-order chi connectivity index (χ0) is 8.91. The van der Waals surface area contributed by atoms with Crippen LogP contribution in [0.5, 0.6) is 0 Å². The standard InChI is InChI=1S/C6H12O5/c1-11-5(10)6(2-7,3-8)4-9/h7-9H,2-4H2,1H3. The molecule has 0 radical (unpaired) electrons. The van der Waals surface area contributed by atoms with E-state index < -0.39 is 31.2 Å². The van der Waals surface area contributed by atoms with Crippen molar-refractivity contribution in [2.24, 2.45) is 5.41 Å². The molecule has 0 saturated heterocycles. The first-order chi connectivity index (χ1) is 5.16. The smallest absolute Gasteiger partial charge is 0.318 e. The van der Waals surface area contributed by atoms with Crippen molar-refractivity contribution in [3.8, 4) is 0 Å². The molecule has 0 aliphatic carbocycles. The Morgan fingerprint density at radius 3 is 1.73 bits per heavy atom. The zero-order valence-electron chi connectivity index (χ0n) is 6.28. The normalized spacial score (nSPS) is 11.3. The molecule has 11 heavy (non-hydrogen) atoms. The summed E-state index contributed by atoms with van der Waals surface area (Å²) in [6.45, 7) is -1.90. The molecule has 0 fully saturated rings. The maximum atomic E-state index is 10.8. The van der Waals surface area contributed by atoms with Crippen molar-refractivity contribution in [2.75, 3.05) is 26.9 Å². The van der Waals surface area contributed by atoms with E-state index >= 15 is 0 Å². The van der Waals surface area contributed by atoms with Crippen LogP contribution < -0.4 is 0 Å². The van der Waals surface area contributed by atoms with E-state index in [1.165, 1.54) is 0 Å². The van der Waals surface area contributed by atoms with Gasteiger partial charge in [0.15, 0.2) is 0 Å². The van der Waals surface area contributed by atoms with Gasteiger partial charge in [-0.25, -0.2) is 0 Å². The second kappa shape index (κ2) is 4.27. The first kappa shape index (κ1) is 10.3.